The van der Waals surface area contributed by atoms with Crippen LogP contribution in [0.3, 0.4) is 0 Å². The lowest BCUT2D eigenvalue weighted by Crippen LogP contribution is -2.50. The first-order chi connectivity index (χ1) is 9.53. The van der Waals surface area contributed by atoms with Crippen molar-refractivity contribution in [3.8, 4) is 0 Å². The molecule has 0 bridgehead atoms. The summed E-state index contributed by atoms with van der Waals surface area (Å²) in [6.45, 7) is 12.5. The molecule has 3 atom stereocenters. The SMILES string of the molecule is CC(C)(C)C(=O)C1C2CCSCC2CN1C(=O)C(C)(C)C. The Morgan fingerprint density at radius 1 is 1.05 bits per heavy atom. The van der Waals surface area contributed by atoms with Gasteiger partial charge in [-0.1, -0.05) is 41.5 Å². The molecule has 3 unspecified atom stereocenters. The van der Waals surface area contributed by atoms with Crippen molar-refractivity contribution in [1.29, 1.82) is 0 Å². The molecule has 3 nitrogen and oxygen atoms in total. The minimum atomic E-state index is -0.420. The van der Waals surface area contributed by atoms with E-state index in [0.29, 0.717) is 11.8 Å². The molecule has 4 heteroatoms. The highest BCUT2D eigenvalue weighted by Crippen LogP contribution is 2.43. The summed E-state index contributed by atoms with van der Waals surface area (Å²) < 4.78 is 0. The number of amides is 1. The summed E-state index contributed by atoms with van der Waals surface area (Å²) in [6.07, 6.45) is 1.07. The molecule has 2 heterocycles. The molecule has 0 N–H and O–H groups in total. The first-order valence-electron chi connectivity index (χ1n) is 7.96. The normalized spacial score (nSPS) is 30.2. The van der Waals surface area contributed by atoms with Gasteiger partial charge >= 0.3 is 0 Å². The van der Waals surface area contributed by atoms with Crippen molar-refractivity contribution >= 4 is 23.5 Å². The number of rotatable bonds is 1. The molecular weight excluding hydrogens is 282 g/mol. The number of Topliss-reactive ketones (excluding diaryl/α,β-unsaturated/α-hetero) is 1. The van der Waals surface area contributed by atoms with Crippen molar-refractivity contribution in [3.63, 3.8) is 0 Å². The van der Waals surface area contributed by atoms with Crippen molar-refractivity contribution in [2.45, 2.75) is 54.0 Å². The zero-order valence-corrected chi connectivity index (χ0v) is 15.0. The predicted octanol–water partition coefficient (Wildman–Crippen LogP) is 3.23. The minimum Gasteiger partial charge on any atom is -0.332 e. The second-order valence-electron chi connectivity index (χ2n) is 8.55. The quantitative estimate of drug-likeness (QED) is 0.746. The third kappa shape index (κ3) is 3.30. The first kappa shape index (κ1) is 16.9. The third-order valence-electron chi connectivity index (χ3n) is 4.62. The monoisotopic (exact) mass is 311 g/mol. The Balaban J connectivity index is 2.33. The Hall–Kier alpha value is -0.510. The summed E-state index contributed by atoms with van der Waals surface area (Å²) in [6, 6.07) is -0.206. The molecule has 0 spiro atoms. The van der Waals surface area contributed by atoms with E-state index < -0.39 is 5.41 Å². The minimum absolute atomic E-state index is 0.129. The molecule has 0 radical (unpaired) electrons. The van der Waals surface area contributed by atoms with Gasteiger partial charge in [-0.05, 0) is 29.8 Å². The molecule has 2 aliphatic rings. The van der Waals surface area contributed by atoms with Crippen LogP contribution >= 0.6 is 11.8 Å². The molecular formula is C17H29NO2S. The summed E-state index contributed by atoms with van der Waals surface area (Å²) in [5, 5.41) is 0. The predicted molar refractivity (Wildman–Crippen MR) is 88.3 cm³/mol. The third-order valence-corrected chi connectivity index (χ3v) is 5.80. The van der Waals surface area contributed by atoms with E-state index in [9.17, 15) is 9.59 Å². The van der Waals surface area contributed by atoms with E-state index in [1.54, 1.807) is 0 Å². The summed E-state index contributed by atoms with van der Waals surface area (Å²) >= 11 is 1.96. The van der Waals surface area contributed by atoms with Crippen molar-refractivity contribution in [2.24, 2.45) is 22.7 Å². The smallest absolute Gasteiger partial charge is 0.228 e. The fourth-order valence-corrected chi connectivity index (χ4v) is 4.70. The molecule has 0 aromatic heterocycles. The van der Waals surface area contributed by atoms with Crippen LogP contribution in [0.5, 0.6) is 0 Å². The van der Waals surface area contributed by atoms with E-state index in [-0.39, 0.29) is 23.1 Å². The number of likely N-dealkylation sites (tertiary alicyclic amines) is 1. The molecule has 2 fully saturated rings. The fraction of sp³-hybridized carbons (Fsp3) is 0.882. The molecule has 0 saturated carbocycles. The van der Waals surface area contributed by atoms with Crippen LogP contribution in [0.15, 0.2) is 0 Å². The van der Waals surface area contributed by atoms with Crippen LogP contribution in [0.2, 0.25) is 0 Å². The highest BCUT2D eigenvalue weighted by molar-refractivity contribution is 7.99. The Bertz CT molecular complexity index is 433. The van der Waals surface area contributed by atoms with Crippen LogP contribution < -0.4 is 0 Å². The molecule has 1 amide bonds. The summed E-state index contributed by atoms with van der Waals surface area (Å²) in [4.78, 5) is 27.7. The number of nitrogens with zero attached hydrogens (tertiary/aromatic N) is 1. The van der Waals surface area contributed by atoms with Crippen molar-refractivity contribution in [3.05, 3.63) is 0 Å². The Morgan fingerprint density at radius 2 is 1.67 bits per heavy atom. The number of ketones is 1. The second kappa shape index (κ2) is 5.60. The fourth-order valence-electron chi connectivity index (χ4n) is 3.43. The number of fused-ring (bicyclic) bond motifs is 1. The Labute approximate surface area is 133 Å². The molecule has 21 heavy (non-hydrogen) atoms. The first-order valence-corrected chi connectivity index (χ1v) is 9.12. The van der Waals surface area contributed by atoms with Gasteiger partial charge in [0.1, 0.15) is 0 Å². The van der Waals surface area contributed by atoms with Crippen LogP contribution in [-0.2, 0) is 9.59 Å². The van der Waals surface area contributed by atoms with Gasteiger partial charge in [0.2, 0.25) is 5.91 Å². The topological polar surface area (TPSA) is 37.4 Å². The number of carbonyl (C=O) groups is 2. The Kier molecular flexibility index (Phi) is 4.50. The van der Waals surface area contributed by atoms with E-state index in [2.05, 4.69) is 0 Å². The van der Waals surface area contributed by atoms with Crippen molar-refractivity contribution in [1.82, 2.24) is 4.90 Å². The lowest BCUT2D eigenvalue weighted by Gasteiger charge is -2.35. The maximum atomic E-state index is 13.0. The van der Waals surface area contributed by atoms with Crippen molar-refractivity contribution < 1.29 is 9.59 Å². The summed E-state index contributed by atoms with van der Waals surface area (Å²) in [5.41, 5.74) is -0.808. The number of hydrogen-bond donors (Lipinski definition) is 0. The van der Waals surface area contributed by atoms with E-state index in [0.717, 1.165) is 24.5 Å². The standard InChI is InChI=1S/C17H29NO2S/c1-16(2,3)14(19)13-12-7-8-21-10-11(12)9-18(13)15(20)17(4,5)6/h11-13H,7-10H2,1-6H3. The van der Waals surface area contributed by atoms with Crippen LogP contribution in [0.1, 0.15) is 48.0 Å². The van der Waals surface area contributed by atoms with Crippen LogP contribution in [0, 0.1) is 22.7 Å². The van der Waals surface area contributed by atoms with Gasteiger partial charge in [0, 0.05) is 17.4 Å². The molecule has 0 aliphatic carbocycles. The van der Waals surface area contributed by atoms with E-state index in [1.165, 1.54) is 0 Å². The Morgan fingerprint density at radius 3 is 2.19 bits per heavy atom. The zero-order chi connectivity index (χ0) is 16.0. The lowest BCUT2D eigenvalue weighted by molar-refractivity contribution is -0.147. The van der Waals surface area contributed by atoms with Gasteiger partial charge in [-0.3, -0.25) is 9.59 Å². The summed E-state index contributed by atoms with van der Waals surface area (Å²) in [5.74, 6) is 3.43. The highest BCUT2D eigenvalue weighted by atomic mass is 32.2. The van der Waals surface area contributed by atoms with Gasteiger partial charge in [-0.15, -0.1) is 0 Å². The van der Waals surface area contributed by atoms with E-state index in [4.69, 9.17) is 0 Å². The van der Waals surface area contributed by atoms with Crippen LogP contribution in [-0.4, -0.2) is 40.7 Å². The molecule has 2 aliphatic heterocycles. The molecule has 0 aromatic rings. The van der Waals surface area contributed by atoms with Crippen LogP contribution in [0.4, 0.5) is 0 Å². The molecule has 0 aromatic carbocycles. The number of hydrogen-bond acceptors (Lipinski definition) is 3. The van der Waals surface area contributed by atoms with E-state index >= 15 is 0 Å². The maximum Gasteiger partial charge on any atom is 0.228 e. The maximum absolute atomic E-state index is 13.0. The number of thioether (sulfide) groups is 1. The van der Waals surface area contributed by atoms with Gasteiger partial charge in [0.05, 0.1) is 6.04 Å². The van der Waals surface area contributed by atoms with Crippen molar-refractivity contribution in [2.75, 3.05) is 18.1 Å². The molecule has 2 saturated heterocycles. The highest BCUT2D eigenvalue weighted by Gasteiger charge is 2.51. The average Bonchev–Trinajstić information content (AvgIpc) is 2.73. The largest absolute Gasteiger partial charge is 0.332 e. The average molecular weight is 311 g/mol. The molecule has 120 valence electrons. The summed E-state index contributed by atoms with van der Waals surface area (Å²) in [7, 11) is 0. The second-order valence-corrected chi connectivity index (χ2v) is 9.70. The van der Waals surface area contributed by atoms with Crippen LogP contribution in [0.25, 0.3) is 0 Å². The van der Waals surface area contributed by atoms with Gasteiger partial charge in [-0.25, -0.2) is 0 Å². The zero-order valence-electron chi connectivity index (χ0n) is 14.2. The van der Waals surface area contributed by atoms with Gasteiger partial charge < -0.3 is 4.90 Å². The van der Waals surface area contributed by atoms with Gasteiger partial charge in [0.15, 0.2) is 5.78 Å². The van der Waals surface area contributed by atoms with Gasteiger partial charge in [-0.2, -0.15) is 11.8 Å². The lowest BCUT2D eigenvalue weighted by atomic mass is 9.78. The van der Waals surface area contributed by atoms with E-state index in [1.807, 2.05) is 58.2 Å². The number of carbonyl (C=O) groups excluding carboxylic acids is 2. The van der Waals surface area contributed by atoms with Gasteiger partial charge in [0.25, 0.3) is 0 Å². The molecule has 2 rings (SSSR count).